The summed E-state index contributed by atoms with van der Waals surface area (Å²) >= 11 is 0. The Bertz CT molecular complexity index is 568. The van der Waals surface area contributed by atoms with Crippen LogP contribution < -0.4 is 10.2 Å². The first kappa shape index (κ1) is 14.2. The summed E-state index contributed by atoms with van der Waals surface area (Å²) in [6.07, 6.45) is 3.77. The minimum absolute atomic E-state index is 0.768. The fourth-order valence-corrected chi connectivity index (χ4v) is 2.49. The molecule has 0 aromatic heterocycles. The molecule has 1 aliphatic carbocycles. The van der Waals surface area contributed by atoms with Gasteiger partial charge in [0.2, 0.25) is 0 Å². The fourth-order valence-electron chi connectivity index (χ4n) is 2.49. The van der Waals surface area contributed by atoms with Crippen LogP contribution in [0.5, 0.6) is 0 Å². The third-order valence-electron chi connectivity index (χ3n) is 4.23. The van der Waals surface area contributed by atoms with E-state index in [0.29, 0.717) is 0 Å². The van der Waals surface area contributed by atoms with Crippen molar-refractivity contribution in [1.82, 2.24) is 5.32 Å². The molecule has 0 unspecified atom stereocenters. The number of rotatable bonds is 6. The van der Waals surface area contributed by atoms with Crippen LogP contribution in [-0.4, -0.2) is 13.1 Å². The highest BCUT2D eigenvalue weighted by molar-refractivity contribution is 5.62. The molecule has 0 bridgehead atoms. The highest BCUT2D eigenvalue weighted by Gasteiger charge is 2.19. The summed E-state index contributed by atoms with van der Waals surface area (Å²) in [5, 5.41) is 3.55. The van der Waals surface area contributed by atoms with Gasteiger partial charge in [0.05, 0.1) is 0 Å². The van der Waals surface area contributed by atoms with Gasteiger partial charge in [0.1, 0.15) is 0 Å². The molecule has 0 amide bonds. The van der Waals surface area contributed by atoms with Gasteiger partial charge in [-0.1, -0.05) is 31.2 Å². The molecule has 2 aromatic carbocycles. The Morgan fingerprint density at radius 1 is 0.905 bits per heavy atom. The molecule has 1 aliphatic rings. The molecule has 0 radical (unpaired) electrons. The van der Waals surface area contributed by atoms with E-state index in [1.165, 1.54) is 35.3 Å². The monoisotopic (exact) mass is 280 g/mol. The summed E-state index contributed by atoms with van der Waals surface area (Å²) in [5.41, 5.74) is 5.21. The molecule has 0 spiro atoms. The Morgan fingerprint density at radius 2 is 1.43 bits per heavy atom. The van der Waals surface area contributed by atoms with Gasteiger partial charge in [0, 0.05) is 31.0 Å². The third-order valence-corrected chi connectivity index (χ3v) is 4.23. The van der Waals surface area contributed by atoms with E-state index in [1.807, 2.05) is 0 Å². The third kappa shape index (κ3) is 3.64. The maximum Gasteiger partial charge on any atom is 0.0408 e. The summed E-state index contributed by atoms with van der Waals surface area (Å²) in [6, 6.07) is 18.4. The van der Waals surface area contributed by atoms with Crippen molar-refractivity contribution in [3.8, 4) is 0 Å². The molecule has 3 rings (SSSR count). The normalized spacial score (nSPS) is 14.2. The van der Waals surface area contributed by atoms with E-state index < -0.39 is 0 Å². The average molecular weight is 280 g/mol. The number of aryl methyl sites for hydroxylation is 1. The van der Waals surface area contributed by atoms with Crippen LogP contribution in [0.2, 0.25) is 0 Å². The summed E-state index contributed by atoms with van der Waals surface area (Å²) < 4.78 is 0. The highest BCUT2D eigenvalue weighted by Crippen LogP contribution is 2.24. The van der Waals surface area contributed by atoms with E-state index in [0.717, 1.165) is 19.0 Å². The zero-order valence-corrected chi connectivity index (χ0v) is 13.0. The first-order valence-corrected chi connectivity index (χ1v) is 7.91. The largest absolute Gasteiger partial charge is 0.345 e. The van der Waals surface area contributed by atoms with Crippen LogP contribution >= 0.6 is 0 Å². The number of hydrogen-bond acceptors (Lipinski definition) is 2. The molecule has 1 saturated carbocycles. The van der Waals surface area contributed by atoms with Gasteiger partial charge in [-0.25, -0.2) is 0 Å². The Hall–Kier alpha value is -1.80. The van der Waals surface area contributed by atoms with E-state index in [-0.39, 0.29) is 0 Å². The SMILES string of the molecule is CCc1ccc(N(C)c2ccc(CNC3CC3)cc2)cc1. The van der Waals surface area contributed by atoms with E-state index >= 15 is 0 Å². The summed E-state index contributed by atoms with van der Waals surface area (Å²) in [5.74, 6) is 0. The minimum Gasteiger partial charge on any atom is -0.345 e. The smallest absolute Gasteiger partial charge is 0.0408 e. The maximum atomic E-state index is 3.55. The second-order valence-corrected chi connectivity index (χ2v) is 5.90. The van der Waals surface area contributed by atoms with Crippen molar-refractivity contribution in [2.24, 2.45) is 0 Å². The molecular formula is C19H24N2. The second-order valence-electron chi connectivity index (χ2n) is 5.90. The number of nitrogens with zero attached hydrogens (tertiary/aromatic N) is 1. The van der Waals surface area contributed by atoms with Gasteiger partial charge in [-0.05, 0) is 54.7 Å². The number of hydrogen-bond donors (Lipinski definition) is 1. The van der Waals surface area contributed by atoms with Gasteiger partial charge in [0.15, 0.2) is 0 Å². The zero-order valence-electron chi connectivity index (χ0n) is 13.0. The van der Waals surface area contributed by atoms with Crippen LogP contribution in [0.15, 0.2) is 48.5 Å². The van der Waals surface area contributed by atoms with Crippen LogP contribution in [0.1, 0.15) is 30.9 Å². The Morgan fingerprint density at radius 3 is 1.90 bits per heavy atom. The van der Waals surface area contributed by atoms with Crippen LogP contribution in [0.4, 0.5) is 11.4 Å². The molecule has 0 atom stereocenters. The predicted octanol–water partition coefficient (Wildman–Crippen LogP) is 4.27. The lowest BCUT2D eigenvalue weighted by atomic mass is 10.1. The quantitative estimate of drug-likeness (QED) is 0.850. The van der Waals surface area contributed by atoms with Crippen molar-refractivity contribution < 1.29 is 0 Å². The van der Waals surface area contributed by atoms with Gasteiger partial charge in [-0.3, -0.25) is 0 Å². The summed E-state index contributed by atoms with van der Waals surface area (Å²) in [4.78, 5) is 2.23. The van der Waals surface area contributed by atoms with Crippen molar-refractivity contribution in [1.29, 1.82) is 0 Å². The lowest BCUT2D eigenvalue weighted by molar-refractivity contribution is 0.688. The number of anilines is 2. The van der Waals surface area contributed by atoms with E-state index in [9.17, 15) is 0 Å². The molecule has 1 fully saturated rings. The van der Waals surface area contributed by atoms with Gasteiger partial charge in [-0.15, -0.1) is 0 Å². The maximum absolute atomic E-state index is 3.55. The van der Waals surface area contributed by atoms with E-state index in [4.69, 9.17) is 0 Å². The standard InChI is InChI=1S/C19H24N2/c1-3-15-4-10-18(11-5-15)21(2)19-12-6-16(7-13-19)14-20-17-8-9-17/h4-7,10-13,17,20H,3,8-9,14H2,1-2H3. The summed E-state index contributed by atoms with van der Waals surface area (Å²) in [7, 11) is 2.12. The lowest BCUT2D eigenvalue weighted by Crippen LogP contribution is -2.15. The molecule has 2 heteroatoms. The predicted molar refractivity (Wildman–Crippen MR) is 90.2 cm³/mol. The lowest BCUT2D eigenvalue weighted by Gasteiger charge is -2.20. The molecule has 110 valence electrons. The first-order chi connectivity index (χ1) is 10.3. The van der Waals surface area contributed by atoms with Crippen molar-refractivity contribution in [2.45, 2.75) is 38.8 Å². The van der Waals surface area contributed by atoms with Crippen molar-refractivity contribution >= 4 is 11.4 Å². The molecule has 0 heterocycles. The molecule has 2 aromatic rings. The van der Waals surface area contributed by atoms with Gasteiger partial charge in [0.25, 0.3) is 0 Å². The Kier molecular flexibility index (Phi) is 4.26. The first-order valence-electron chi connectivity index (χ1n) is 7.91. The molecule has 21 heavy (non-hydrogen) atoms. The van der Waals surface area contributed by atoms with Gasteiger partial charge >= 0.3 is 0 Å². The van der Waals surface area contributed by atoms with E-state index in [1.54, 1.807) is 0 Å². The topological polar surface area (TPSA) is 15.3 Å². The molecule has 0 aliphatic heterocycles. The Labute approximate surface area is 127 Å². The molecule has 2 nitrogen and oxygen atoms in total. The number of nitrogens with one attached hydrogen (secondary N) is 1. The van der Waals surface area contributed by atoms with Crippen molar-refractivity contribution in [2.75, 3.05) is 11.9 Å². The zero-order chi connectivity index (χ0) is 14.7. The van der Waals surface area contributed by atoms with Crippen LogP contribution in [0, 0.1) is 0 Å². The van der Waals surface area contributed by atoms with Gasteiger partial charge < -0.3 is 10.2 Å². The van der Waals surface area contributed by atoms with Gasteiger partial charge in [-0.2, -0.15) is 0 Å². The Balaban J connectivity index is 1.66. The average Bonchev–Trinajstić information content (AvgIpc) is 3.37. The minimum atomic E-state index is 0.768. The molecular weight excluding hydrogens is 256 g/mol. The van der Waals surface area contributed by atoms with E-state index in [2.05, 4.69) is 72.7 Å². The van der Waals surface area contributed by atoms with Crippen molar-refractivity contribution in [3.05, 3.63) is 59.7 Å². The van der Waals surface area contributed by atoms with Crippen molar-refractivity contribution in [3.63, 3.8) is 0 Å². The summed E-state index contributed by atoms with van der Waals surface area (Å²) in [6.45, 7) is 3.17. The highest BCUT2D eigenvalue weighted by atomic mass is 15.1. The van der Waals surface area contributed by atoms with Crippen LogP contribution in [0.3, 0.4) is 0 Å². The molecule has 0 saturated heterocycles. The van der Waals surface area contributed by atoms with Crippen LogP contribution in [-0.2, 0) is 13.0 Å². The second kappa shape index (κ2) is 6.31. The molecule has 1 N–H and O–H groups in total. The number of benzene rings is 2. The fraction of sp³-hybridized carbons (Fsp3) is 0.368. The van der Waals surface area contributed by atoms with Crippen LogP contribution in [0.25, 0.3) is 0 Å².